The zero-order valence-corrected chi connectivity index (χ0v) is 13.4. The van der Waals surface area contributed by atoms with Gasteiger partial charge in [-0.1, -0.05) is 22.9 Å². The molecule has 0 aliphatic heterocycles. The molecule has 0 spiro atoms. The summed E-state index contributed by atoms with van der Waals surface area (Å²) in [6.45, 7) is 11.3. The molecule has 2 rings (SSSR count). The molecular weight excluding hydrogens is 266 g/mol. The molecule has 0 radical (unpaired) electrons. The van der Waals surface area contributed by atoms with Crippen molar-refractivity contribution in [2.75, 3.05) is 0 Å². The largest absolute Gasteiger partial charge is 0.485 e. The number of ether oxygens (including phenoxy) is 1. The van der Waals surface area contributed by atoms with E-state index in [0.717, 1.165) is 17.9 Å². The van der Waals surface area contributed by atoms with Crippen molar-refractivity contribution >= 4 is 0 Å². The van der Waals surface area contributed by atoms with Crippen molar-refractivity contribution in [3.8, 4) is 5.75 Å². The smallest absolute Gasteiger partial charge is 0.223 e. The van der Waals surface area contributed by atoms with Gasteiger partial charge in [0.15, 0.2) is 6.61 Å². The minimum absolute atomic E-state index is 0.0613. The monoisotopic (exact) mass is 289 g/mol. The molecule has 2 aromatic rings. The standard InChI is InChI=1S/C16H23N3O2/c1-11-6-7-14(13(8-11)9-17-16(3,4)5)20-10-15-18-12(2)21-19-15/h6-8,17H,9-10H2,1-5H3. The lowest BCUT2D eigenvalue weighted by Crippen LogP contribution is -2.35. The molecule has 21 heavy (non-hydrogen) atoms. The van der Waals surface area contributed by atoms with Crippen molar-refractivity contribution in [2.45, 2.75) is 53.3 Å². The number of benzene rings is 1. The third kappa shape index (κ3) is 4.86. The van der Waals surface area contributed by atoms with Crippen LogP contribution in [0.4, 0.5) is 0 Å². The minimum Gasteiger partial charge on any atom is -0.485 e. The van der Waals surface area contributed by atoms with E-state index in [1.807, 2.05) is 12.1 Å². The molecule has 114 valence electrons. The van der Waals surface area contributed by atoms with Gasteiger partial charge in [-0.05, 0) is 33.8 Å². The van der Waals surface area contributed by atoms with Crippen LogP contribution in [0.2, 0.25) is 0 Å². The maximum Gasteiger partial charge on any atom is 0.223 e. The first-order valence-corrected chi connectivity index (χ1v) is 7.10. The number of rotatable bonds is 5. The molecule has 0 fully saturated rings. The van der Waals surface area contributed by atoms with E-state index >= 15 is 0 Å². The van der Waals surface area contributed by atoms with Crippen molar-refractivity contribution in [1.82, 2.24) is 15.5 Å². The summed E-state index contributed by atoms with van der Waals surface area (Å²) in [6, 6.07) is 6.16. The fourth-order valence-corrected chi connectivity index (χ4v) is 1.89. The zero-order chi connectivity index (χ0) is 15.5. The highest BCUT2D eigenvalue weighted by Gasteiger charge is 2.12. The molecule has 1 N–H and O–H groups in total. The Labute approximate surface area is 125 Å². The van der Waals surface area contributed by atoms with Gasteiger partial charge in [0, 0.05) is 24.6 Å². The number of hydrogen-bond donors (Lipinski definition) is 1. The van der Waals surface area contributed by atoms with Crippen LogP contribution in [0.5, 0.6) is 5.75 Å². The van der Waals surface area contributed by atoms with Crippen LogP contribution in [0, 0.1) is 13.8 Å². The lowest BCUT2D eigenvalue weighted by atomic mass is 10.1. The van der Waals surface area contributed by atoms with E-state index in [2.05, 4.69) is 49.2 Å². The second kappa shape index (κ2) is 6.26. The first-order chi connectivity index (χ1) is 9.83. The molecule has 0 saturated carbocycles. The second-order valence-electron chi connectivity index (χ2n) is 6.23. The van der Waals surface area contributed by atoms with E-state index in [-0.39, 0.29) is 5.54 Å². The summed E-state index contributed by atoms with van der Waals surface area (Å²) in [5.74, 6) is 1.95. The van der Waals surface area contributed by atoms with Gasteiger partial charge < -0.3 is 14.6 Å². The summed E-state index contributed by atoms with van der Waals surface area (Å²) in [6.07, 6.45) is 0. The zero-order valence-electron chi connectivity index (χ0n) is 13.4. The Morgan fingerprint density at radius 3 is 2.62 bits per heavy atom. The Morgan fingerprint density at radius 1 is 1.24 bits per heavy atom. The molecule has 5 nitrogen and oxygen atoms in total. The molecule has 5 heteroatoms. The summed E-state index contributed by atoms with van der Waals surface area (Å²) < 4.78 is 10.8. The fraction of sp³-hybridized carbons (Fsp3) is 0.500. The first-order valence-electron chi connectivity index (χ1n) is 7.10. The normalized spacial score (nSPS) is 11.7. The van der Waals surface area contributed by atoms with E-state index in [1.165, 1.54) is 5.56 Å². The molecule has 1 aromatic heterocycles. The van der Waals surface area contributed by atoms with Crippen LogP contribution < -0.4 is 10.1 Å². The van der Waals surface area contributed by atoms with Crippen LogP contribution in [-0.2, 0) is 13.2 Å². The Hall–Kier alpha value is -1.88. The highest BCUT2D eigenvalue weighted by atomic mass is 16.5. The number of nitrogens with zero attached hydrogens (tertiary/aromatic N) is 2. The maximum atomic E-state index is 5.83. The van der Waals surface area contributed by atoms with Crippen LogP contribution in [0.25, 0.3) is 0 Å². The predicted octanol–water partition coefficient (Wildman–Crippen LogP) is 3.15. The minimum atomic E-state index is 0.0613. The van der Waals surface area contributed by atoms with Gasteiger partial charge in [-0.2, -0.15) is 4.98 Å². The van der Waals surface area contributed by atoms with Gasteiger partial charge in [-0.25, -0.2) is 0 Å². The van der Waals surface area contributed by atoms with Crippen molar-refractivity contribution in [3.63, 3.8) is 0 Å². The van der Waals surface area contributed by atoms with E-state index in [4.69, 9.17) is 9.26 Å². The Kier molecular flexibility index (Phi) is 4.63. The first kappa shape index (κ1) is 15.5. The Balaban J connectivity index is 2.07. The van der Waals surface area contributed by atoms with Gasteiger partial charge in [-0.15, -0.1) is 0 Å². The molecule has 0 amide bonds. The van der Waals surface area contributed by atoms with Gasteiger partial charge in [0.2, 0.25) is 11.7 Å². The molecule has 0 unspecified atom stereocenters. The van der Waals surface area contributed by atoms with Crippen molar-refractivity contribution < 1.29 is 9.26 Å². The average Bonchev–Trinajstić information content (AvgIpc) is 2.80. The van der Waals surface area contributed by atoms with E-state index in [9.17, 15) is 0 Å². The van der Waals surface area contributed by atoms with Crippen LogP contribution in [-0.4, -0.2) is 15.7 Å². The van der Waals surface area contributed by atoms with Gasteiger partial charge in [-0.3, -0.25) is 0 Å². The molecule has 0 aliphatic carbocycles. The summed E-state index contributed by atoms with van der Waals surface area (Å²) in [5, 5.41) is 7.31. The Morgan fingerprint density at radius 2 is 2.00 bits per heavy atom. The van der Waals surface area contributed by atoms with Gasteiger partial charge in [0.25, 0.3) is 0 Å². The van der Waals surface area contributed by atoms with E-state index < -0.39 is 0 Å². The highest BCUT2D eigenvalue weighted by Crippen LogP contribution is 2.21. The number of aryl methyl sites for hydroxylation is 2. The maximum absolute atomic E-state index is 5.83. The average molecular weight is 289 g/mol. The molecule has 1 aromatic carbocycles. The molecule has 0 aliphatic rings. The van der Waals surface area contributed by atoms with Crippen molar-refractivity contribution in [3.05, 3.63) is 41.0 Å². The van der Waals surface area contributed by atoms with Gasteiger partial charge >= 0.3 is 0 Å². The van der Waals surface area contributed by atoms with E-state index in [0.29, 0.717) is 18.3 Å². The van der Waals surface area contributed by atoms with Crippen LogP contribution in [0.15, 0.2) is 22.7 Å². The van der Waals surface area contributed by atoms with Crippen molar-refractivity contribution in [1.29, 1.82) is 0 Å². The van der Waals surface area contributed by atoms with Crippen LogP contribution in [0.1, 0.15) is 43.6 Å². The molecule has 0 bridgehead atoms. The third-order valence-electron chi connectivity index (χ3n) is 2.95. The third-order valence-corrected chi connectivity index (χ3v) is 2.95. The predicted molar refractivity (Wildman–Crippen MR) is 81.1 cm³/mol. The van der Waals surface area contributed by atoms with Gasteiger partial charge in [0.05, 0.1) is 0 Å². The lowest BCUT2D eigenvalue weighted by molar-refractivity contribution is 0.281. The molecule has 1 heterocycles. The number of hydrogen-bond acceptors (Lipinski definition) is 5. The quantitative estimate of drug-likeness (QED) is 0.916. The lowest BCUT2D eigenvalue weighted by Gasteiger charge is -2.21. The van der Waals surface area contributed by atoms with Crippen LogP contribution >= 0.6 is 0 Å². The molecular formula is C16H23N3O2. The Bertz CT molecular complexity index is 600. The fourth-order valence-electron chi connectivity index (χ4n) is 1.89. The summed E-state index contributed by atoms with van der Waals surface area (Å²) in [7, 11) is 0. The van der Waals surface area contributed by atoms with Gasteiger partial charge in [0.1, 0.15) is 5.75 Å². The van der Waals surface area contributed by atoms with Crippen LogP contribution in [0.3, 0.4) is 0 Å². The summed E-state index contributed by atoms with van der Waals surface area (Å²) >= 11 is 0. The second-order valence-corrected chi connectivity index (χ2v) is 6.23. The van der Waals surface area contributed by atoms with E-state index in [1.54, 1.807) is 6.92 Å². The SMILES string of the molecule is Cc1ccc(OCc2noc(C)n2)c(CNC(C)(C)C)c1. The highest BCUT2D eigenvalue weighted by molar-refractivity contribution is 5.37. The topological polar surface area (TPSA) is 60.2 Å². The number of aromatic nitrogens is 2. The summed E-state index contributed by atoms with van der Waals surface area (Å²) in [5.41, 5.74) is 2.40. The van der Waals surface area contributed by atoms with Crippen molar-refractivity contribution in [2.24, 2.45) is 0 Å². The molecule has 0 saturated heterocycles. The molecule has 0 atom stereocenters. The number of nitrogens with one attached hydrogen (secondary N) is 1. The summed E-state index contributed by atoms with van der Waals surface area (Å²) in [4.78, 5) is 4.14.